The average Bonchev–Trinajstić information content (AvgIpc) is 2.51. The van der Waals surface area contributed by atoms with E-state index in [1.807, 2.05) is 0 Å². The van der Waals surface area contributed by atoms with Gasteiger partial charge >= 0.3 is 0 Å². The van der Waals surface area contributed by atoms with Crippen LogP contribution in [-0.2, 0) is 0 Å². The third-order valence-corrected chi connectivity index (χ3v) is 2.42. The largest absolute Gasteiger partial charge is 0.396 e. The summed E-state index contributed by atoms with van der Waals surface area (Å²) in [5.41, 5.74) is 5.51. The zero-order valence-electron chi connectivity index (χ0n) is 7.49. The van der Waals surface area contributed by atoms with Crippen LogP contribution in [-0.4, -0.2) is 23.2 Å². The summed E-state index contributed by atoms with van der Waals surface area (Å²) in [6.07, 6.45) is 4.63. The fourth-order valence-corrected chi connectivity index (χ4v) is 1.59. The number of rotatable bonds is 6. The Labute approximate surface area is 81.8 Å². The Morgan fingerprint density at radius 1 is 1.46 bits per heavy atom. The number of aromatic nitrogens is 1. The second-order valence-electron chi connectivity index (χ2n) is 2.78. The Morgan fingerprint density at radius 3 is 2.92 bits per heavy atom. The fraction of sp³-hybridized carbons (Fsp3) is 0.625. The van der Waals surface area contributed by atoms with Crippen molar-refractivity contribution in [3.63, 3.8) is 0 Å². The quantitative estimate of drug-likeness (QED) is 0.607. The molecule has 0 fully saturated rings. The minimum Gasteiger partial charge on any atom is -0.396 e. The maximum Gasteiger partial charge on any atom is 0.184 e. The summed E-state index contributed by atoms with van der Waals surface area (Å²) in [4.78, 5) is 4.07. The Kier molecular flexibility index (Phi) is 4.56. The van der Waals surface area contributed by atoms with Gasteiger partial charge in [0.25, 0.3) is 0 Å². The summed E-state index contributed by atoms with van der Waals surface area (Å²) in [5.74, 6) is 0. The SMILES string of the molecule is Nc1cnc(NCCCCCO)s1. The normalized spacial score (nSPS) is 10.2. The topological polar surface area (TPSA) is 71.2 Å². The average molecular weight is 201 g/mol. The Hall–Kier alpha value is -0.810. The van der Waals surface area contributed by atoms with Crippen molar-refractivity contribution in [2.75, 3.05) is 24.2 Å². The van der Waals surface area contributed by atoms with E-state index in [1.54, 1.807) is 6.20 Å². The van der Waals surface area contributed by atoms with Crippen LogP contribution in [0.2, 0.25) is 0 Å². The van der Waals surface area contributed by atoms with Crippen molar-refractivity contribution >= 4 is 21.5 Å². The van der Waals surface area contributed by atoms with Gasteiger partial charge in [-0.2, -0.15) is 0 Å². The van der Waals surface area contributed by atoms with Gasteiger partial charge in [-0.1, -0.05) is 11.3 Å². The number of aliphatic hydroxyl groups is 1. The molecule has 0 spiro atoms. The van der Waals surface area contributed by atoms with Gasteiger partial charge in [0.2, 0.25) is 0 Å². The highest BCUT2D eigenvalue weighted by molar-refractivity contribution is 7.19. The maximum absolute atomic E-state index is 8.54. The molecule has 0 radical (unpaired) electrons. The zero-order valence-corrected chi connectivity index (χ0v) is 8.31. The molecular formula is C8H15N3OS. The van der Waals surface area contributed by atoms with Gasteiger partial charge in [0.1, 0.15) is 5.00 Å². The van der Waals surface area contributed by atoms with Crippen LogP contribution >= 0.6 is 11.3 Å². The molecule has 0 bridgehead atoms. The highest BCUT2D eigenvalue weighted by atomic mass is 32.1. The van der Waals surface area contributed by atoms with Gasteiger partial charge in [-0.3, -0.25) is 0 Å². The predicted octanol–water partition coefficient (Wildman–Crippen LogP) is 1.30. The Balaban J connectivity index is 2.06. The number of thiazole rings is 1. The molecule has 1 aromatic heterocycles. The summed E-state index contributed by atoms with van der Waals surface area (Å²) in [7, 11) is 0. The third-order valence-electron chi connectivity index (χ3n) is 1.63. The van der Waals surface area contributed by atoms with Crippen molar-refractivity contribution in [1.82, 2.24) is 4.98 Å². The summed E-state index contributed by atoms with van der Waals surface area (Å²) >= 11 is 1.46. The molecule has 4 N–H and O–H groups in total. The molecule has 4 nitrogen and oxygen atoms in total. The summed E-state index contributed by atoms with van der Waals surface area (Å²) in [6, 6.07) is 0. The molecule has 0 aliphatic carbocycles. The summed E-state index contributed by atoms with van der Waals surface area (Å²) in [6.45, 7) is 1.18. The molecule has 1 rings (SSSR count). The molecule has 1 aromatic rings. The van der Waals surface area contributed by atoms with Crippen molar-refractivity contribution in [2.24, 2.45) is 0 Å². The highest BCUT2D eigenvalue weighted by Crippen LogP contribution is 2.19. The third kappa shape index (κ3) is 4.10. The molecule has 0 atom stereocenters. The van der Waals surface area contributed by atoms with Crippen LogP contribution in [0, 0.1) is 0 Å². The number of aliphatic hydroxyl groups excluding tert-OH is 1. The minimum absolute atomic E-state index is 0.282. The Bertz CT molecular complexity index is 239. The Morgan fingerprint density at radius 2 is 2.31 bits per heavy atom. The van der Waals surface area contributed by atoms with Gasteiger partial charge in [-0.15, -0.1) is 0 Å². The first-order valence-electron chi connectivity index (χ1n) is 4.39. The van der Waals surface area contributed by atoms with E-state index in [0.717, 1.165) is 35.9 Å². The van der Waals surface area contributed by atoms with Crippen LogP contribution in [0.5, 0.6) is 0 Å². The first-order valence-corrected chi connectivity index (χ1v) is 5.20. The lowest BCUT2D eigenvalue weighted by molar-refractivity contribution is 0.283. The van der Waals surface area contributed by atoms with Gasteiger partial charge < -0.3 is 16.2 Å². The fourth-order valence-electron chi connectivity index (χ4n) is 0.977. The molecule has 0 unspecified atom stereocenters. The van der Waals surface area contributed by atoms with Gasteiger partial charge in [0, 0.05) is 13.2 Å². The first kappa shape index (κ1) is 10.3. The number of nitrogens with one attached hydrogen (secondary N) is 1. The number of nitrogens with two attached hydrogens (primary N) is 1. The van der Waals surface area contributed by atoms with Crippen molar-refractivity contribution < 1.29 is 5.11 Å². The molecule has 0 aliphatic heterocycles. The molecule has 74 valence electrons. The lowest BCUT2D eigenvalue weighted by Gasteiger charge is -2.00. The predicted molar refractivity (Wildman–Crippen MR) is 56.0 cm³/mol. The lowest BCUT2D eigenvalue weighted by Crippen LogP contribution is -2.00. The first-order chi connectivity index (χ1) is 6.33. The lowest BCUT2D eigenvalue weighted by atomic mass is 10.2. The van der Waals surface area contributed by atoms with Crippen LogP contribution < -0.4 is 11.1 Å². The molecule has 0 aliphatic rings. The van der Waals surface area contributed by atoms with E-state index in [1.165, 1.54) is 11.3 Å². The zero-order chi connectivity index (χ0) is 9.52. The highest BCUT2D eigenvalue weighted by Gasteiger charge is 1.96. The maximum atomic E-state index is 8.54. The van der Waals surface area contributed by atoms with Crippen LogP contribution in [0.4, 0.5) is 10.1 Å². The smallest absolute Gasteiger partial charge is 0.184 e. The summed E-state index contributed by atoms with van der Waals surface area (Å²) < 4.78 is 0. The molecular weight excluding hydrogens is 186 g/mol. The van der Waals surface area contributed by atoms with Gasteiger partial charge in [-0.25, -0.2) is 4.98 Å². The van der Waals surface area contributed by atoms with E-state index in [2.05, 4.69) is 10.3 Å². The van der Waals surface area contributed by atoms with Crippen LogP contribution in [0.1, 0.15) is 19.3 Å². The van der Waals surface area contributed by atoms with E-state index in [-0.39, 0.29) is 6.61 Å². The van der Waals surface area contributed by atoms with E-state index in [4.69, 9.17) is 10.8 Å². The number of unbranched alkanes of at least 4 members (excludes halogenated alkanes) is 2. The van der Waals surface area contributed by atoms with Gasteiger partial charge in [0.15, 0.2) is 5.13 Å². The van der Waals surface area contributed by atoms with E-state index in [0.29, 0.717) is 0 Å². The van der Waals surface area contributed by atoms with E-state index in [9.17, 15) is 0 Å². The molecule has 0 aromatic carbocycles. The van der Waals surface area contributed by atoms with Gasteiger partial charge in [-0.05, 0) is 19.3 Å². The second kappa shape index (κ2) is 5.77. The molecule has 0 saturated heterocycles. The number of hydrogen-bond acceptors (Lipinski definition) is 5. The molecule has 0 saturated carbocycles. The van der Waals surface area contributed by atoms with Crippen molar-refractivity contribution in [2.45, 2.75) is 19.3 Å². The van der Waals surface area contributed by atoms with Crippen molar-refractivity contribution in [3.8, 4) is 0 Å². The monoisotopic (exact) mass is 201 g/mol. The molecule has 1 heterocycles. The minimum atomic E-state index is 0.282. The number of hydrogen-bond donors (Lipinski definition) is 3. The van der Waals surface area contributed by atoms with Gasteiger partial charge in [0.05, 0.1) is 6.20 Å². The second-order valence-corrected chi connectivity index (χ2v) is 3.84. The van der Waals surface area contributed by atoms with Crippen LogP contribution in [0.25, 0.3) is 0 Å². The van der Waals surface area contributed by atoms with Crippen molar-refractivity contribution in [1.29, 1.82) is 0 Å². The molecule has 0 amide bonds. The number of nitrogens with zero attached hydrogens (tertiary/aromatic N) is 1. The number of anilines is 2. The van der Waals surface area contributed by atoms with Crippen LogP contribution in [0.15, 0.2) is 6.20 Å². The number of nitrogen functional groups attached to an aromatic ring is 1. The molecule has 13 heavy (non-hydrogen) atoms. The van der Waals surface area contributed by atoms with E-state index >= 15 is 0 Å². The van der Waals surface area contributed by atoms with Crippen molar-refractivity contribution in [3.05, 3.63) is 6.20 Å². The summed E-state index contributed by atoms with van der Waals surface area (Å²) in [5, 5.41) is 13.3. The van der Waals surface area contributed by atoms with E-state index < -0.39 is 0 Å². The standard InChI is InChI=1S/C8H15N3OS/c9-7-6-11-8(13-7)10-4-2-1-3-5-12/h6,12H,1-5,9H2,(H,10,11). The molecule has 5 heteroatoms. The van der Waals surface area contributed by atoms with Crippen LogP contribution in [0.3, 0.4) is 0 Å².